The fourth-order valence-electron chi connectivity index (χ4n) is 1.88. The van der Waals surface area contributed by atoms with Crippen molar-refractivity contribution < 1.29 is 22.7 Å². The Hall–Kier alpha value is -2.26. The molecule has 0 amide bonds. The van der Waals surface area contributed by atoms with Crippen molar-refractivity contribution in [3.63, 3.8) is 0 Å². The Bertz CT molecular complexity index is 724. The SMILES string of the molecule is COc1ccccc1C#C[C@H](CC(=O)c1cccs1)C(F)(F)F. The van der Waals surface area contributed by atoms with Crippen LogP contribution in [0.1, 0.15) is 21.7 Å². The molecule has 1 aromatic carbocycles. The van der Waals surface area contributed by atoms with Gasteiger partial charge in [0.1, 0.15) is 11.7 Å². The van der Waals surface area contributed by atoms with Crippen LogP contribution in [0.4, 0.5) is 13.2 Å². The van der Waals surface area contributed by atoms with E-state index in [9.17, 15) is 18.0 Å². The van der Waals surface area contributed by atoms with E-state index >= 15 is 0 Å². The Balaban J connectivity index is 2.24. The molecule has 0 saturated heterocycles. The van der Waals surface area contributed by atoms with Crippen LogP contribution in [0.15, 0.2) is 41.8 Å². The molecule has 1 aromatic heterocycles. The minimum absolute atomic E-state index is 0.304. The molecule has 120 valence electrons. The summed E-state index contributed by atoms with van der Waals surface area (Å²) in [5.41, 5.74) is 0.354. The summed E-state index contributed by atoms with van der Waals surface area (Å²) >= 11 is 1.12. The average Bonchev–Trinajstić information content (AvgIpc) is 3.04. The maximum absolute atomic E-state index is 13.1. The normalized spacial score (nSPS) is 12.2. The monoisotopic (exact) mass is 338 g/mol. The molecular formula is C17H13F3O2S. The predicted octanol–water partition coefficient (Wildman–Crippen LogP) is 4.56. The maximum Gasteiger partial charge on any atom is 0.402 e. The van der Waals surface area contributed by atoms with Gasteiger partial charge in [0, 0.05) is 6.42 Å². The molecule has 0 unspecified atom stereocenters. The molecule has 1 atom stereocenters. The lowest BCUT2D eigenvalue weighted by molar-refractivity contribution is -0.157. The summed E-state index contributed by atoms with van der Waals surface area (Å²) in [4.78, 5) is 12.2. The average molecular weight is 338 g/mol. The van der Waals surface area contributed by atoms with Gasteiger partial charge in [0.25, 0.3) is 0 Å². The van der Waals surface area contributed by atoms with E-state index in [0.29, 0.717) is 16.2 Å². The second kappa shape index (κ2) is 7.34. The predicted molar refractivity (Wildman–Crippen MR) is 82.7 cm³/mol. The number of halogens is 3. The van der Waals surface area contributed by atoms with Gasteiger partial charge in [0.05, 0.1) is 17.6 Å². The lowest BCUT2D eigenvalue weighted by Gasteiger charge is -2.13. The van der Waals surface area contributed by atoms with Gasteiger partial charge in [-0.05, 0) is 23.6 Å². The van der Waals surface area contributed by atoms with Crippen LogP contribution in [-0.2, 0) is 0 Å². The van der Waals surface area contributed by atoms with Crippen LogP contribution in [0, 0.1) is 17.8 Å². The third-order valence-corrected chi connectivity index (χ3v) is 3.98. The van der Waals surface area contributed by atoms with Crippen LogP contribution in [0.25, 0.3) is 0 Å². The van der Waals surface area contributed by atoms with Crippen LogP contribution >= 0.6 is 11.3 Å². The number of hydrogen-bond donors (Lipinski definition) is 0. The summed E-state index contributed by atoms with van der Waals surface area (Å²) < 4.78 is 44.4. The van der Waals surface area contributed by atoms with Gasteiger partial charge in [-0.3, -0.25) is 4.79 Å². The molecule has 23 heavy (non-hydrogen) atoms. The van der Waals surface area contributed by atoms with Crippen molar-refractivity contribution in [2.45, 2.75) is 12.6 Å². The summed E-state index contributed by atoms with van der Waals surface area (Å²) in [6, 6.07) is 9.68. The molecular weight excluding hydrogens is 325 g/mol. The molecule has 0 N–H and O–H groups in total. The molecule has 1 heterocycles. The van der Waals surface area contributed by atoms with Gasteiger partial charge in [-0.15, -0.1) is 11.3 Å². The zero-order valence-corrected chi connectivity index (χ0v) is 13.0. The van der Waals surface area contributed by atoms with Gasteiger partial charge >= 0.3 is 6.18 Å². The third kappa shape index (κ3) is 4.60. The van der Waals surface area contributed by atoms with E-state index in [0.717, 1.165) is 11.3 Å². The van der Waals surface area contributed by atoms with Crippen LogP contribution in [0.3, 0.4) is 0 Å². The van der Waals surface area contributed by atoms with Crippen LogP contribution in [0.5, 0.6) is 5.75 Å². The fraction of sp³-hybridized carbons (Fsp3) is 0.235. The fourth-order valence-corrected chi connectivity index (χ4v) is 2.56. The number of ether oxygens (including phenoxy) is 1. The van der Waals surface area contributed by atoms with E-state index in [-0.39, 0.29) is 0 Å². The lowest BCUT2D eigenvalue weighted by Crippen LogP contribution is -2.24. The molecule has 0 saturated carbocycles. The van der Waals surface area contributed by atoms with Gasteiger partial charge in [-0.25, -0.2) is 0 Å². The van der Waals surface area contributed by atoms with Gasteiger partial charge in [-0.1, -0.05) is 30.0 Å². The van der Waals surface area contributed by atoms with Gasteiger partial charge in [0.2, 0.25) is 0 Å². The molecule has 0 aliphatic heterocycles. The summed E-state index contributed by atoms with van der Waals surface area (Å²) in [7, 11) is 1.42. The highest BCUT2D eigenvalue weighted by molar-refractivity contribution is 7.12. The Labute approximate surface area is 135 Å². The summed E-state index contributed by atoms with van der Waals surface area (Å²) in [6.07, 6.45) is -5.26. The molecule has 6 heteroatoms. The largest absolute Gasteiger partial charge is 0.495 e. The number of carbonyl (C=O) groups excluding carboxylic acids is 1. The Morgan fingerprint density at radius 2 is 2.00 bits per heavy atom. The Morgan fingerprint density at radius 3 is 2.61 bits per heavy atom. The van der Waals surface area contributed by atoms with Crippen LogP contribution < -0.4 is 4.74 Å². The minimum atomic E-state index is -4.57. The Kier molecular flexibility index (Phi) is 5.45. The zero-order valence-electron chi connectivity index (χ0n) is 12.2. The molecule has 0 spiro atoms. The quantitative estimate of drug-likeness (QED) is 0.603. The zero-order chi connectivity index (χ0) is 16.9. The van der Waals surface area contributed by atoms with E-state index in [1.165, 1.54) is 13.2 Å². The van der Waals surface area contributed by atoms with Crippen molar-refractivity contribution in [1.82, 2.24) is 0 Å². The maximum atomic E-state index is 13.1. The molecule has 2 nitrogen and oxygen atoms in total. The van der Waals surface area contributed by atoms with Gasteiger partial charge in [-0.2, -0.15) is 13.2 Å². The number of Topliss-reactive ketones (excluding diaryl/α,β-unsaturated/α-hetero) is 1. The number of benzene rings is 1. The lowest BCUT2D eigenvalue weighted by atomic mass is 10.0. The highest BCUT2D eigenvalue weighted by Gasteiger charge is 2.40. The summed E-state index contributed by atoms with van der Waals surface area (Å²) in [5, 5.41) is 1.65. The highest BCUT2D eigenvalue weighted by Crippen LogP contribution is 2.30. The molecule has 0 aliphatic rings. The first kappa shape index (κ1) is 17.1. The number of hydrogen-bond acceptors (Lipinski definition) is 3. The second-order valence-electron chi connectivity index (χ2n) is 4.67. The summed E-state index contributed by atoms with van der Waals surface area (Å²) in [5.74, 6) is 2.47. The molecule has 0 fully saturated rings. The second-order valence-corrected chi connectivity index (χ2v) is 5.62. The number of rotatable bonds is 4. The standard InChI is InChI=1S/C17H13F3O2S/c1-22-15-6-3-2-5-12(15)8-9-13(17(18,19)20)11-14(21)16-7-4-10-23-16/h2-7,10,13H,11H2,1H3/t13-/m1/s1. The van der Waals surface area contributed by atoms with Crippen LogP contribution in [0.2, 0.25) is 0 Å². The van der Waals surface area contributed by atoms with Crippen molar-refractivity contribution in [1.29, 1.82) is 0 Å². The van der Waals surface area contributed by atoms with Crippen molar-refractivity contribution in [3.05, 3.63) is 52.2 Å². The molecule has 2 aromatic rings. The van der Waals surface area contributed by atoms with E-state index in [1.807, 2.05) is 0 Å². The van der Waals surface area contributed by atoms with Gasteiger partial charge in [0.15, 0.2) is 5.78 Å². The van der Waals surface area contributed by atoms with E-state index in [4.69, 9.17) is 4.74 Å². The molecule has 0 bridgehead atoms. The topological polar surface area (TPSA) is 26.3 Å². The van der Waals surface area contributed by atoms with Crippen molar-refractivity contribution in [2.24, 2.45) is 5.92 Å². The van der Waals surface area contributed by atoms with Crippen molar-refractivity contribution in [3.8, 4) is 17.6 Å². The van der Waals surface area contributed by atoms with E-state index in [1.54, 1.807) is 35.7 Å². The molecule has 0 aliphatic carbocycles. The van der Waals surface area contributed by atoms with E-state index < -0.39 is 24.3 Å². The number of thiophene rings is 1. The first-order valence-corrected chi connectivity index (χ1v) is 7.57. The number of para-hydroxylation sites is 1. The Morgan fingerprint density at radius 1 is 1.26 bits per heavy atom. The van der Waals surface area contributed by atoms with E-state index in [2.05, 4.69) is 11.8 Å². The molecule has 2 rings (SSSR count). The van der Waals surface area contributed by atoms with Crippen LogP contribution in [-0.4, -0.2) is 19.1 Å². The number of alkyl halides is 3. The number of carbonyl (C=O) groups is 1. The smallest absolute Gasteiger partial charge is 0.402 e. The van der Waals surface area contributed by atoms with Crippen molar-refractivity contribution in [2.75, 3.05) is 7.11 Å². The highest BCUT2D eigenvalue weighted by atomic mass is 32.1. The first-order valence-electron chi connectivity index (χ1n) is 6.70. The minimum Gasteiger partial charge on any atom is -0.495 e. The van der Waals surface area contributed by atoms with Crippen molar-refractivity contribution >= 4 is 17.1 Å². The third-order valence-electron chi connectivity index (χ3n) is 3.07. The molecule has 0 radical (unpaired) electrons. The summed E-state index contributed by atoms with van der Waals surface area (Å²) in [6.45, 7) is 0. The van der Waals surface area contributed by atoms with Gasteiger partial charge < -0.3 is 4.74 Å². The number of ketones is 1. The number of methoxy groups -OCH3 is 1. The first-order chi connectivity index (χ1) is 10.9.